The number of aromatic nitrogens is 1. The summed E-state index contributed by atoms with van der Waals surface area (Å²) in [5, 5.41) is 3.44. The van der Waals surface area contributed by atoms with Gasteiger partial charge in [-0.05, 0) is 36.8 Å². The SMILES string of the molecule is COc1cc(CN[C@@H](C)c2ccccn2)cc(OC)c1OC. The first-order chi connectivity index (χ1) is 10.7. The lowest BCUT2D eigenvalue weighted by Gasteiger charge is -2.16. The topological polar surface area (TPSA) is 52.6 Å². The van der Waals surface area contributed by atoms with Crippen molar-refractivity contribution in [2.45, 2.75) is 19.5 Å². The van der Waals surface area contributed by atoms with Gasteiger partial charge in [-0.3, -0.25) is 4.98 Å². The third-order valence-corrected chi connectivity index (χ3v) is 3.47. The number of methoxy groups -OCH3 is 3. The molecule has 0 aliphatic rings. The Morgan fingerprint density at radius 3 is 2.23 bits per heavy atom. The Morgan fingerprint density at radius 2 is 1.73 bits per heavy atom. The van der Waals surface area contributed by atoms with Gasteiger partial charge in [0.05, 0.1) is 27.0 Å². The summed E-state index contributed by atoms with van der Waals surface area (Å²) < 4.78 is 16.1. The summed E-state index contributed by atoms with van der Waals surface area (Å²) in [7, 11) is 4.83. The summed E-state index contributed by atoms with van der Waals surface area (Å²) in [6.07, 6.45) is 1.80. The molecule has 0 fully saturated rings. The minimum atomic E-state index is 0.153. The van der Waals surface area contributed by atoms with E-state index in [0.717, 1.165) is 11.3 Å². The van der Waals surface area contributed by atoms with Crippen LogP contribution in [0.3, 0.4) is 0 Å². The highest BCUT2D eigenvalue weighted by atomic mass is 16.5. The van der Waals surface area contributed by atoms with Gasteiger partial charge in [0, 0.05) is 18.8 Å². The summed E-state index contributed by atoms with van der Waals surface area (Å²) in [5.74, 6) is 1.92. The van der Waals surface area contributed by atoms with Crippen LogP contribution in [0.2, 0.25) is 0 Å². The fourth-order valence-electron chi connectivity index (χ4n) is 2.25. The van der Waals surface area contributed by atoms with Crippen molar-refractivity contribution >= 4 is 0 Å². The zero-order chi connectivity index (χ0) is 15.9. The normalized spacial score (nSPS) is 11.8. The van der Waals surface area contributed by atoms with Crippen molar-refractivity contribution in [2.75, 3.05) is 21.3 Å². The fraction of sp³-hybridized carbons (Fsp3) is 0.353. The molecule has 1 aromatic heterocycles. The largest absolute Gasteiger partial charge is 0.493 e. The van der Waals surface area contributed by atoms with Gasteiger partial charge in [0.15, 0.2) is 11.5 Å². The maximum absolute atomic E-state index is 5.37. The van der Waals surface area contributed by atoms with E-state index in [-0.39, 0.29) is 6.04 Å². The van der Waals surface area contributed by atoms with Gasteiger partial charge in [-0.2, -0.15) is 0 Å². The summed E-state index contributed by atoms with van der Waals surface area (Å²) in [4.78, 5) is 4.35. The summed E-state index contributed by atoms with van der Waals surface area (Å²) >= 11 is 0. The molecular formula is C17H22N2O3. The van der Waals surface area contributed by atoms with E-state index in [2.05, 4.69) is 17.2 Å². The molecule has 1 atom stereocenters. The van der Waals surface area contributed by atoms with E-state index in [0.29, 0.717) is 23.8 Å². The quantitative estimate of drug-likeness (QED) is 0.852. The highest BCUT2D eigenvalue weighted by Gasteiger charge is 2.14. The van der Waals surface area contributed by atoms with E-state index < -0.39 is 0 Å². The number of rotatable bonds is 7. The van der Waals surface area contributed by atoms with Gasteiger partial charge in [-0.15, -0.1) is 0 Å². The second-order valence-electron chi connectivity index (χ2n) is 4.89. The Bertz CT molecular complexity index is 577. The molecule has 1 N–H and O–H groups in total. The van der Waals surface area contributed by atoms with E-state index in [1.807, 2.05) is 30.3 Å². The molecule has 0 radical (unpaired) electrons. The van der Waals surface area contributed by atoms with Crippen LogP contribution in [0.25, 0.3) is 0 Å². The van der Waals surface area contributed by atoms with Crippen LogP contribution in [0, 0.1) is 0 Å². The number of ether oxygens (including phenoxy) is 3. The molecule has 0 amide bonds. The lowest BCUT2D eigenvalue weighted by atomic mass is 10.1. The number of benzene rings is 1. The fourth-order valence-corrected chi connectivity index (χ4v) is 2.25. The van der Waals surface area contributed by atoms with Gasteiger partial charge >= 0.3 is 0 Å². The number of nitrogens with zero attached hydrogens (tertiary/aromatic N) is 1. The molecule has 5 heteroatoms. The number of hydrogen-bond acceptors (Lipinski definition) is 5. The van der Waals surface area contributed by atoms with Crippen molar-refractivity contribution in [3.8, 4) is 17.2 Å². The predicted octanol–water partition coefficient (Wildman–Crippen LogP) is 2.96. The highest BCUT2D eigenvalue weighted by Crippen LogP contribution is 2.38. The predicted molar refractivity (Wildman–Crippen MR) is 85.6 cm³/mol. The van der Waals surface area contributed by atoms with Crippen LogP contribution in [0.4, 0.5) is 0 Å². The Kier molecular flexibility index (Phi) is 5.61. The molecule has 5 nitrogen and oxygen atoms in total. The van der Waals surface area contributed by atoms with Crippen molar-refractivity contribution in [1.29, 1.82) is 0 Å². The van der Waals surface area contributed by atoms with Crippen molar-refractivity contribution in [2.24, 2.45) is 0 Å². The number of hydrogen-bond donors (Lipinski definition) is 1. The molecule has 2 aromatic rings. The van der Waals surface area contributed by atoms with Gasteiger partial charge in [0.2, 0.25) is 5.75 Å². The molecule has 0 saturated heterocycles. The molecule has 22 heavy (non-hydrogen) atoms. The van der Waals surface area contributed by atoms with Gasteiger partial charge in [0.25, 0.3) is 0 Å². The van der Waals surface area contributed by atoms with Crippen molar-refractivity contribution in [3.05, 3.63) is 47.8 Å². The van der Waals surface area contributed by atoms with Crippen LogP contribution >= 0.6 is 0 Å². The summed E-state index contributed by atoms with van der Waals surface area (Å²) in [5.41, 5.74) is 2.06. The summed E-state index contributed by atoms with van der Waals surface area (Å²) in [6, 6.07) is 9.95. The monoisotopic (exact) mass is 302 g/mol. The van der Waals surface area contributed by atoms with E-state index in [4.69, 9.17) is 14.2 Å². The highest BCUT2D eigenvalue weighted by molar-refractivity contribution is 5.53. The molecule has 0 aliphatic carbocycles. The van der Waals surface area contributed by atoms with Gasteiger partial charge in [-0.25, -0.2) is 0 Å². The third kappa shape index (κ3) is 3.68. The molecule has 0 unspecified atom stereocenters. The molecule has 1 aromatic carbocycles. The van der Waals surface area contributed by atoms with Crippen molar-refractivity contribution in [3.63, 3.8) is 0 Å². The maximum atomic E-state index is 5.37. The standard InChI is InChI=1S/C17H22N2O3/c1-12(14-7-5-6-8-18-14)19-11-13-9-15(20-2)17(22-4)16(10-13)21-3/h5-10,12,19H,11H2,1-4H3/t12-/m0/s1. The van der Waals surface area contributed by atoms with E-state index in [1.165, 1.54) is 0 Å². The van der Waals surface area contributed by atoms with Gasteiger partial charge < -0.3 is 19.5 Å². The smallest absolute Gasteiger partial charge is 0.203 e. The van der Waals surface area contributed by atoms with Crippen LogP contribution in [-0.4, -0.2) is 26.3 Å². The van der Waals surface area contributed by atoms with Gasteiger partial charge in [-0.1, -0.05) is 6.07 Å². The number of nitrogens with one attached hydrogen (secondary N) is 1. The first-order valence-electron chi connectivity index (χ1n) is 7.12. The average molecular weight is 302 g/mol. The molecule has 0 saturated carbocycles. The van der Waals surface area contributed by atoms with Crippen LogP contribution in [0.15, 0.2) is 36.5 Å². The Labute approximate surface area is 131 Å². The van der Waals surface area contributed by atoms with Crippen LogP contribution in [0.1, 0.15) is 24.2 Å². The van der Waals surface area contributed by atoms with Crippen LogP contribution in [-0.2, 0) is 6.54 Å². The Hall–Kier alpha value is -2.27. The lowest BCUT2D eigenvalue weighted by Crippen LogP contribution is -2.19. The maximum Gasteiger partial charge on any atom is 0.203 e. The second kappa shape index (κ2) is 7.66. The third-order valence-electron chi connectivity index (χ3n) is 3.47. The first-order valence-corrected chi connectivity index (χ1v) is 7.12. The molecule has 1 heterocycles. The Balaban J connectivity index is 2.13. The number of pyridine rings is 1. The molecule has 0 bridgehead atoms. The minimum Gasteiger partial charge on any atom is -0.493 e. The first kappa shape index (κ1) is 16.1. The van der Waals surface area contributed by atoms with E-state index >= 15 is 0 Å². The second-order valence-corrected chi connectivity index (χ2v) is 4.89. The Morgan fingerprint density at radius 1 is 1.05 bits per heavy atom. The molecule has 118 valence electrons. The van der Waals surface area contributed by atoms with Crippen LogP contribution in [0.5, 0.6) is 17.2 Å². The van der Waals surface area contributed by atoms with Gasteiger partial charge in [0.1, 0.15) is 0 Å². The minimum absolute atomic E-state index is 0.153. The molecule has 0 spiro atoms. The van der Waals surface area contributed by atoms with E-state index in [9.17, 15) is 0 Å². The lowest BCUT2D eigenvalue weighted by molar-refractivity contribution is 0.323. The molecule has 2 rings (SSSR count). The summed E-state index contributed by atoms with van der Waals surface area (Å²) in [6.45, 7) is 2.76. The molecular weight excluding hydrogens is 280 g/mol. The van der Waals surface area contributed by atoms with Crippen molar-refractivity contribution in [1.82, 2.24) is 10.3 Å². The van der Waals surface area contributed by atoms with Crippen molar-refractivity contribution < 1.29 is 14.2 Å². The van der Waals surface area contributed by atoms with Crippen LogP contribution < -0.4 is 19.5 Å². The average Bonchev–Trinajstić information content (AvgIpc) is 2.59. The molecule has 0 aliphatic heterocycles. The zero-order valence-corrected chi connectivity index (χ0v) is 13.4. The van der Waals surface area contributed by atoms with E-state index in [1.54, 1.807) is 27.5 Å². The zero-order valence-electron chi connectivity index (χ0n) is 13.4.